The lowest BCUT2D eigenvalue weighted by Crippen LogP contribution is -2.99. The highest BCUT2D eigenvalue weighted by Crippen LogP contribution is 2.35. The van der Waals surface area contributed by atoms with Gasteiger partial charge in [0.25, 0.3) is 0 Å². The molecule has 0 radical (unpaired) electrons. The van der Waals surface area contributed by atoms with Crippen LogP contribution in [0, 0.1) is 19.1 Å². The number of ether oxygens (including phenoxy) is 1. The van der Waals surface area contributed by atoms with Crippen LogP contribution in [0.1, 0.15) is 40.1 Å². The van der Waals surface area contributed by atoms with Crippen molar-refractivity contribution in [3.05, 3.63) is 100 Å². The number of nitrogens with zero attached hydrogens (tertiary/aromatic N) is 1. The molecule has 3 N–H and O–H groups in total. The van der Waals surface area contributed by atoms with Crippen molar-refractivity contribution in [2.75, 3.05) is 7.11 Å². The second-order valence-electron chi connectivity index (χ2n) is 7.60. The number of furan rings is 2. The summed E-state index contributed by atoms with van der Waals surface area (Å²) in [4.78, 5) is 4.39. The Morgan fingerprint density at radius 1 is 0.970 bits per heavy atom. The lowest BCUT2D eigenvalue weighted by atomic mass is 9.94. The van der Waals surface area contributed by atoms with Crippen LogP contribution >= 0.6 is 0 Å². The monoisotopic (exact) mass is 448 g/mol. The maximum atomic E-state index is 11.4. The zero-order valence-corrected chi connectivity index (χ0v) is 18.4. The van der Waals surface area contributed by atoms with Crippen LogP contribution < -0.4 is 9.96 Å². The van der Waals surface area contributed by atoms with Gasteiger partial charge in [-0.15, -0.1) is 0 Å². The van der Waals surface area contributed by atoms with Gasteiger partial charge >= 0.3 is 0 Å². The third-order valence-corrected chi connectivity index (χ3v) is 5.25. The zero-order valence-electron chi connectivity index (χ0n) is 18.4. The highest BCUT2D eigenvalue weighted by atomic mass is 16.8. The molecule has 33 heavy (non-hydrogen) atoms. The minimum Gasteiger partial charge on any atom is -0.595 e. The highest BCUT2D eigenvalue weighted by molar-refractivity contribution is 5.88. The van der Waals surface area contributed by atoms with Gasteiger partial charge in [0.1, 0.15) is 34.7 Å². The van der Waals surface area contributed by atoms with Crippen molar-refractivity contribution < 1.29 is 29.1 Å². The second-order valence-corrected chi connectivity index (χ2v) is 7.60. The molecule has 4 rings (SSSR count). The molecule has 8 nitrogen and oxygen atoms in total. The fourth-order valence-corrected chi connectivity index (χ4v) is 3.59. The Morgan fingerprint density at radius 2 is 1.58 bits per heavy atom. The Balaban J connectivity index is 1.64. The van der Waals surface area contributed by atoms with E-state index in [0.717, 1.165) is 28.6 Å². The number of aliphatic imine (C=N–C) groups is 1. The summed E-state index contributed by atoms with van der Waals surface area (Å²) < 4.78 is 16.9. The summed E-state index contributed by atoms with van der Waals surface area (Å²) in [5, 5.41) is 29.7. The van der Waals surface area contributed by atoms with Gasteiger partial charge in [0.2, 0.25) is 5.69 Å². The molecule has 170 valence electrons. The van der Waals surface area contributed by atoms with Gasteiger partial charge in [-0.2, -0.15) is 5.23 Å². The second kappa shape index (κ2) is 9.33. The summed E-state index contributed by atoms with van der Waals surface area (Å²) in [5.41, 5.74) is 1.58. The van der Waals surface area contributed by atoms with E-state index in [0.29, 0.717) is 11.4 Å². The van der Waals surface area contributed by atoms with Crippen LogP contribution in [0.3, 0.4) is 0 Å². The molecule has 4 aromatic rings. The number of hydrogen-bond acceptors (Lipinski definition) is 7. The van der Waals surface area contributed by atoms with Gasteiger partial charge in [0.15, 0.2) is 5.75 Å². The molecule has 0 saturated carbocycles. The van der Waals surface area contributed by atoms with Gasteiger partial charge in [-0.3, -0.25) is 4.99 Å². The molecule has 1 unspecified atom stereocenters. The first-order valence-corrected chi connectivity index (χ1v) is 10.3. The molecule has 0 aliphatic heterocycles. The third-order valence-electron chi connectivity index (χ3n) is 5.25. The van der Waals surface area contributed by atoms with Crippen molar-refractivity contribution in [3.63, 3.8) is 0 Å². The van der Waals surface area contributed by atoms with Crippen molar-refractivity contribution in [1.82, 2.24) is 0 Å². The summed E-state index contributed by atoms with van der Waals surface area (Å²) in [5.74, 6) is 2.93. The van der Waals surface area contributed by atoms with E-state index in [2.05, 4.69) is 4.99 Å². The molecule has 0 spiro atoms. The minimum atomic E-state index is -1.25. The molecule has 0 aliphatic carbocycles. The van der Waals surface area contributed by atoms with E-state index in [1.807, 2.05) is 62.4 Å². The Labute approximate surface area is 190 Å². The normalized spacial score (nSPS) is 12.5. The lowest BCUT2D eigenvalue weighted by molar-refractivity contribution is -0.991. The molecule has 2 aromatic carbocycles. The largest absolute Gasteiger partial charge is 0.595 e. The van der Waals surface area contributed by atoms with E-state index in [-0.39, 0.29) is 22.9 Å². The Kier molecular flexibility index (Phi) is 6.32. The smallest absolute Gasteiger partial charge is 0.210 e. The summed E-state index contributed by atoms with van der Waals surface area (Å²) in [6.07, 6.45) is 1.41. The average Bonchev–Trinajstić information content (AvgIpc) is 3.42. The van der Waals surface area contributed by atoms with Gasteiger partial charge in [-0.05, 0) is 61.9 Å². The van der Waals surface area contributed by atoms with E-state index in [9.17, 15) is 15.5 Å². The van der Waals surface area contributed by atoms with Gasteiger partial charge in [0, 0.05) is 17.8 Å². The van der Waals surface area contributed by atoms with E-state index in [1.165, 1.54) is 25.5 Å². The maximum Gasteiger partial charge on any atom is 0.210 e. The number of methoxy groups -OCH3 is 1. The number of rotatable bonds is 7. The topological polar surface area (TPSA) is 116 Å². The third kappa shape index (κ3) is 4.83. The number of quaternary nitrogens is 1. The average molecular weight is 448 g/mol. The van der Waals surface area contributed by atoms with Crippen molar-refractivity contribution in [3.8, 4) is 11.5 Å². The number of aromatic hydroxyl groups is 1. The fourth-order valence-electron chi connectivity index (χ4n) is 3.59. The van der Waals surface area contributed by atoms with Crippen LogP contribution in [0.15, 0.2) is 74.5 Å². The van der Waals surface area contributed by atoms with E-state index >= 15 is 0 Å². The van der Waals surface area contributed by atoms with Crippen LogP contribution in [0.4, 0.5) is 11.4 Å². The molecule has 0 aliphatic rings. The quantitative estimate of drug-likeness (QED) is 0.217. The fraction of sp³-hybridized carbons (Fsp3) is 0.160. The zero-order chi connectivity index (χ0) is 23.5. The van der Waals surface area contributed by atoms with Crippen LogP contribution in [0.5, 0.6) is 11.5 Å². The van der Waals surface area contributed by atoms with Crippen molar-refractivity contribution in [2.45, 2.75) is 19.8 Å². The predicted molar refractivity (Wildman–Crippen MR) is 122 cm³/mol. The summed E-state index contributed by atoms with van der Waals surface area (Å²) in [7, 11) is 1.43. The van der Waals surface area contributed by atoms with Gasteiger partial charge in [-0.25, -0.2) is 5.21 Å². The first kappa shape index (κ1) is 22.3. The lowest BCUT2D eigenvalue weighted by Gasteiger charge is -2.15. The minimum absolute atomic E-state index is 0.203. The summed E-state index contributed by atoms with van der Waals surface area (Å²) in [6, 6.07) is 18.0. The predicted octanol–water partition coefficient (Wildman–Crippen LogP) is 4.54. The SMILES string of the molecule is COc1cc(C=Nc2ccc(C(c3ccc(C)o3)c3ccc(C)o3)cc2)c(O)c([NH+]([O-])O)c1. The van der Waals surface area contributed by atoms with Crippen LogP contribution in [-0.2, 0) is 0 Å². The van der Waals surface area contributed by atoms with Gasteiger partial charge < -0.3 is 23.9 Å². The molecule has 0 bridgehead atoms. The molecular formula is C25H24N2O6. The molecule has 0 amide bonds. The number of nitrogens with one attached hydrogen (secondary N) is 1. The van der Waals surface area contributed by atoms with Crippen LogP contribution in [-0.4, -0.2) is 23.6 Å². The van der Waals surface area contributed by atoms with Crippen LogP contribution in [0.25, 0.3) is 0 Å². The van der Waals surface area contributed by atoms with E-state index < -0.39 is 5.23 Å². The molecule has 0 saturated heterocycles. The van der Waals surface area contributed by atoms with Gasteiger partial charge in [0.05, 0.1) is 12.8 Å². The standard InChI is InChI=1S/C25H24N2O6/c1-15-4-10-22(32-15)24(23-11-5-16(2)33-23)17-6-8-19(9-7-17)26-14-18-12-20(31-3)13-21(25(18)28)27(29)30/h4-14,24,27-29H,1-3H3. The maximum absolute atomic E-state index is 11.4. The molecule has 1 atom stereocenters. The molecule has 2 heterocycles. The number of phenols is 1. The summed E-state index contributed by atoms with van der Waals surface area (Å²) >= 11 is 0. The van der Waals surface area contributed by atoms with Crippen LogP contribution in [0.2, 0.25) is 0 Å². The Morgan fingerprint density at radius 3 is 2.06 bits per heavy atom. The first-order valence-electron chi connectivity index (χ1n) is 10.3. The molecule has 2 aromatic heterocycles. The Bertz CT molecular complexity index is 1230. The number of hydrogen-bond donors (Lipinski definition) is 3. The van der Waals surface area contributed by atoms with Crippen molar-refractivity contribution in [2.24, 2.45) is 4.99 Å². The number of phenolic OH excluding ortho intramolecular Hbond substituents is 1. The molecular weight excluding hydrogens is 424 g/mol. The van der Waals surface area contributed by atoms with Crippen molar-refractivity contribution >= 4 is 17.6 Å². The molecule has 8 heteroatoms. The molecule has 0 fully saturated rings. The van der Waals surface area contributed by atoms with E-state index in [4.69, 9.17) is 13.6 Å². The van der Waals surface area contributed by atoms with Crippen molar-refractivity contribution in [1.29, 1.82) is 0 Å². The Hall–Kier alpha value is -3.85. The first-order chi connectivity index (χ1) is 15.9. The number of benzene rings is 2. The van der Waals surface area contributed by atoms with E-state index in [1.54, 1.807) is 0 Å². The summed E-state index contributed by atoms with van der Waals surface area (Å²) in [6.45, 7) is 3.80. The van der Waals surface area contributed by atoms with Gasteiger partial charge in [-0.1, -0.05) is 12.1 Å². The highest BCUT2D eigenvalue weighted by Gasteiger charge is 2.23. The number of aryl methyl sites for hydroxylation is 2.